The number of hydrogen-bond donors (Lipinski definition) is 2. The van der Waals surface area contributed by atoms with E-state index < -0.39 is 5.91 Å². The number of hydrogen-bond acceptors (Lipinski definition) is 3. The summed E-state index contributed by atoms with van der Waals surface area (Å²) in [6, 6.07) is 4.52. The maximum atomic E-state index is 11.7. The van der Waals surface area contributed by atoms with Gasteiger partial charge in [0.25, 0.3) is 5.91 Å². The summed E-state index contributed by atoms with van der Waals surface area (Å²) >= 11 is 0. The van der Waals surface area contributed by atoms with Crippen LogP contribution in [0.1, 0.15) is 15.9 Å². The summed E-state index contributed by atoms with van der Waals surface area (Å²) in [6.45, 7) is 0.236. The number of aromatic hydroxyl groups is 1. The van der Waals surface area contributed by atoms with Gasteiger partial charge in [-0.3, -0.25) is 9.59 Å². The Morgan fingerprint density at radius 2 is 2.27 bits per heavy atom. The van der Waals surface area contributed by atoms with E-state index in [1.54, 1.807) is 6.07 Å². The molecule has 0 bridgehead atoms. The lowest BCUT2D eigenvalue weighted by Crippen LogP contribution is -2.33. The fraction of sp³-hybridized carbons (Fsp3) is 0.200. The summed E-state index contributed by atoms with van der Waals surface area (Å²) in [4.78, 5) is 23.7. The molecule has 5 nitrogen and oxygen atoms in total. The highest BCUT2D eigenvalue weighted by atomic mass is 16.3. The largest absolute Gasteiger partial charge is 0.508 e. The number of phenolic OH excluding ortho intramolecular Hbond substituents is 1. The molecule has 5 heteroatoms. The van der Waals surface area contributed by atoms with Crippen molar-refractivity contribution in [1.82, 2.24) is 4.90 Å². The number of carbonyl (C=O) groups excluding carboxylic acids is 2. The van der Waals surface area contributed by atoms with E-state index in [1.165, 1.54) is 17.0 Å². The van der Waals surface area contributed by atoms with Gasteiger partial charge in [0.1, 0.15) is 5.75 Å². The molecule has 0 fully saturated rings. The first-order valence-corrected chi connectivity index (χ1v) is 4.47. The van der Waals surface area contributed by atoms with Crippen LogP contribution in [0, 0.1) is 0 Å². The molecule has 3 N–H and O–H groups in total. The molecule has 15 heavy (non-hydrogen) atoms. The number of benzene rings is 1. The number of nitrogens with two attached hydrogens (primary N) is 1. The molecular weight excluding hydrogens is 196 g/mol. The van der Waals surface area contributed by atoms with E-state index in [0.29, 0.717) is 12.1 Å². The summed E-state index contributed by atoms with van der Waals surface area (Å²) in [6.07, 6.45) is 0. The zero-order chi connectivity index (χ0) is 11.0. The van der Waals surface area contributed by atoms with Crippen LogP contribution in [0.25, 0.3) is 0 Å². The first-order valence-electron chi connectivity index (χ1n) is 4.47. The third-order valence-corrected chi connectivity index (χ3v) is 2.31. The van der Waals surface area contributed by atoms with Crippen molar-refractivity contribution in [3.05, 3.63) is 29.3 Å². The van der Waals surface area contributed by atoms with Crippen LogP contribution in [0.4, 0.5) is 0 Å². The van der Waals surface area contributed by atoms with Crippen LogP contribution < -0.4 is 5.73 Å². The SMILES string of the molecule is NC(=O)CN1Cc2cc(O)ccc2C1=O. The zero-order valence-electron chi connectivity index (χ0n) is 7.93. The van der Waals surface area contributed by atoms with Crippen LogP contribution in [0.3, 0.4) is 0 Å². The van der Waals surface area contributed by atoms with E-state index in [2.05, 4.69) is 0 Å². The van der Waals surface area contributed by atoms with Gasteiger partial charge in [0, 0.05) is 12.1 Å². The first-order chi connectivity index (χ1) is 7.08. The molecule has 1 aliphatic heterocycles. The van der Waals surface area contributed by atoms with Gasteiger partial charge in [-0.25, -0.2) is 0 Å². The highest BCUT2D eigenvalue weighted by molar-refractivity contribution is 6.00. The average molecular weight is 206 g/mol. The van der Waals surface area contributed by atoms with E-state index in [-0.39, 0.29) is 18.2 Å². The predicted molar refractivity (Wildman–Crippen MR) is 52.0 cm³/mol. The summed E-state index contributed by atoms with van der Waals surface area (Å²) in [5, 5.41) is 9.23. The Balaban J connectivity index is 2.29. The van der Waals surface area contributed by atoms with E-state index >= 15 is 0 Å². The van der Waals surface area contributed by atoms with Crippen LogP contribution in [-0.4, -0.2) is 28.4 Å². The number of amides is 2. The molecule has 0 aliphatic carbocycles. The second-order valence-electron chi connectivity index (χ2n) is 3.47. The van der Waals surface area contributed by atoms with E-state index in [0.717, 1.165) is 5.56 Å². The van der Waals surface area contributed by atoms with E-state index in [9.17, 15) is 14.7 Å². The molecule has 0 aromatic heterocycles. The van der Waals surface area contributed by atoms with Gasteiger partial charge >= 0.3 is 0 Å². The fourth-order valence-corrected chi connectivity index (χ4v) is 1.68. The smallest absolute Gasteiger partial charge is 0.254 e. The summed E-state index contributed by atoms with van der Waals surface area (Å²) < 4.78 is 0. The van der Waals surface area contributed by atoms with Crippen LogP contribution in [0.2, 0.25) is 0 Å². The van der Waals surface area contributed by atoms with Crippen molar-refractivity contribution in [1.29, 1.82) is 0 Å². The number of rotatable bonds is 2. The van der Waals surface area contributed by atoms with Crippen molar-refractivity contribution in [3.63, 3.8) is 0 Å². The lowest BCUT2D eigenvalue weighted by atomic mass is 10.1. The summed E-state index contributed by atoms with van der Waals surface area (Å²) in [7, 11) is 0. The van der Waals surface area contributed by atoms with Crippen molar-refractivity contribution >= 4 is 11.8 Å². The Labute approximate surface area is 86.1 Å². The molecule has 0 unspecified atom stereocenters. The van der Waals surface area contributed by atoms with Crippen molar-refractivity contribution in [3.8, 4) is 5.75 Å². The molecule has 0 saturated carbocycles. The Hall–Kier alpha value is -2.04. The highest BCUT2D eigenvalue weighted by Crippen LogP contribution is 2.25. The molecular formula is C10H10N2O3. The number of carbonyl (C=O) groups is 2. The first kappa shape index (κ1) is 9.51. The third-order valence-electron chi connectivity index (χ3n) is 2.31. The minimum Gasteiger partial charge on any atom is -0.508 e. The highest BCUT2D eigenvalue weighted by Gasteiger charge is 2.28. The van der Waals surface area contributed by atoms with Crippen molar-refractivity contribution < 1.29 is 14.7 Å². The van der Waals surface area contributed by atoms with Crippen LogP contribution in [-0.2, 0) is 11.3 Å². The molecule has 0 radical (unpaired) electrons. The Morgan fingerprint density at radius 3 is 2.93 bits per heavy atom. The molecule has 1 aromatic rings. The predicted octanol–water partition coefficient (Wildman–Crippen LogP) is -0.167. The Bertz CT molecular complexity index is 442. The molecule has 1 heterocycles. The molecule has 1 aliphatic rings. The van der Waals surface area contributed by atoms with Crippen molar-refractivity contribution in [2.24, 2.45) is 5.73 Å². The quantitative estimate of drug-likeness (QED) is 0.704. The van der Waals surface area contributed by atoms with Gasteiger partial charge in [-0.15, -0.1) is 0 Å². The summed E-state index contributed by atoms with van der Waals surface area (Å²) in [5.74, 6) is -0.647. The minimum absolute atomic E-state index is 0.0890. The van der Waals surface area contributed by atoms with Gasteiger partial charge < -0.3 is 15.7 Å². The number of fused-ring (bicyclic) bond motifs is 1. The van der Waals surface area contributed by atoms with Crippen molar-refractivity contribution in [2.75, 3.05) is 6.54 Å². The molecule has 1 aromatic carbocycles. The lowest BCUT2D eigenvalue weighted by Gasteiger charge is -2.11. The molecule has 2 amide bonds. The van der Waals surface area contributed by atoms with E-state index in [1.807, 2.05) is 0 Å². The summed E-state index contributed by atoms with van der Waals surface area (Å²) in [5.41, 5.74) is 6.26. The van der Waals surface area contributed by atoms with Gasteiger partial charge in [-0.05, 0) is 23.8 Å². The molecule has 0 spiro atoms. The maximum Gasteiger partial charge on any atom is 0.254 e. The minimum atomic E-state index is -0.541. The molecule has 0 saturated heterocycles. The molecule has 0 atom stereocenters. The fourth-order valence-electron chi connectivity index (χ4n) is 1.68. The standard InChI is InChI=1S/C10H10N2O3/c11-9(14)5-12-4-6-3-7(13)1-2-8(6)10(12)15/h1-3,13H,4-5H2,(H2,11,14). The van der Waals surface area contributed by atoms with E-state index in [4.69, 9.17) is 5.73 Å². The number of primary amides is 1. The zero-order valence-corrected chi connectivity index (χ0v) is 7.93. The molecule has 2 rings (SSSR count). The second kappa shape index (κ2) is 3.27. The van der Waals surface area contributed by atoms with Gasteiger partial charge in [-0.2, -0.15) is 0 Å². The maximum absolute atomic E-state index is 11.7. The van der Waals surface area contributed by atoms with Crippen LogP contribution in [0.5, 0.6) is 5.75 Å². The van der Waals surface area contributed by atoms with Gasteiger partial charge in [0.2, 0.25) is 5.91 Å². The normalized spacial score (nSPS) is 14.1. The number of phenols is 1. The van der Waals surface area contributed by atoms with Gasteiger partial charge in [0.05, 0.1) is 6.54 Å². The number of nitrogens with zero attached hydrogens (tertiary/aromatic N) is 1. The monoisotopic (exact) mass is 206 g/mol. The Kier molecular flexibility index (Phi) is 2.07. The average Bonchev–Trinajstić information content (AvgIpc) is 2.42. The lowest BCUT2D eigenvalue weighted by molar-refractivity contribution is -0.118. The van der Waals surface area contributed by atoms with Gasteiger partial charge in [-0.1, -0.05) is 0 Å². The Morgan fingerprint density at radius 1 is 1.53 bits per heavy atom. The van der Waals surface area contributed by atoms with Crippen LogP contribution in [0.15, 0.2) is 18.2 Å². The van der Waals surface area contributed by atoms with Crippen molar-refractivity contribution in [2.45, 2.75) is 6.54 Å². The van der Waals surface area contributed by atoms with Gasteiger partial charge in [0.15, 0.2) is 0 Å². The third kappa shape index (κ3) is 1.63. The second-order valence-corrected chi connectivity index (χ2v) is 3.47. The van der Waals surface area contributed by atoms with Crippen LogP contribution >= 0.6 is 0 Å². The molecule has 78 valence electrons. The topological polar surface area (TPSA) is 83.6 Å².